The maximum absolute atomic E-state index is 12.7. The standard InChI is InChI=1S/C23H30N2O3S/c1-22(2)11-16-12-23(3,14-22)15-25(16)20(26)13-28-21(27)10-6-9-19-24-17-7-4-5-8-18(17)29-19/h4-5,7-8,16H,6,9-15H2,1-3H3/t16-,23+/m0/s1. The predicted octanol–water partition coefficient (Wildman–Crippen LogP) is 4.59. The number of ether oxygens (including phenoxy) is 1. The minimum absolute atomic E-state index is 0.0454. The molecule has 2 heterocycles. The first kappa shape index (κ1) is 20.3. The van der Waals surface area contributed by atoms with Crippen LogP contribution >= 0.6 is 11.3 Å². The maximum Gasteiger partial charge on any atom is 0.306 e. The number of likely N-dealkylation sites (tertiary alicyclic amines) is 1. The largest absolute Gasteiger partial charge is 0.456 e. The van der Waals surface area contributed by atoms with Crippen molar-refractivity contribution in [3.8, 4) is 0 Å². The Kier molecular flexibility index (Phi) is 5.40. The van der Waals surface area contributed by atoms with E-state index in [0.29, 0.717) is 12.8 Å². The molecule has 1 saturated carbocycles. The lowest BCUT2D eigenvalue weighted by molar-refractivity contribution is -0.152. The van der Waals surface area contributed by atoms with Gasteiger partial charge in [-0.2, -0.15) is 0 Å². The zero-order valence-corrected chi connectivity index (χ0v) is 18.4. The number of para-hydroxylation sites is 1. The monoisotopic (exact) mass is 414 g/mol. The molecule has 1 aromatic carbocycles. The molecule has 1 aromatic heterocycles. The number of fused-ring (bicyclic) bond motifs is 3. The van der Waals surface area contributed by atoms with Crippen molar-refractivity contribution in [3.63, 3.8) is 0 Å². The minimum Gasteiger partial charge on any atom is -0.456 e. The van der Waals surface area contributed by atoms with E-state index in [1.807, 2.05) is 23.1 Å². The summed E-state index contributed by atoms with van der Waals surface area (Å²) in [7, 11) is 0. The summed E-state index contributed by atoms with van der Waals surface area (Å²) in [5.41, 5.74) is 1.47. The molecule has 6 heteroatoms. The summed E-state index contributed by atoms with van der Waals surface area (Å²) in [6.07, 6.45) is 5.00. The van der Waals surface area contributed by atoms with Gasteiger partial charge < -0.3 is 9.64 Å². The summed E-state index contributed by atoms with van der Waals surface area (Å²) < 4.78 is 6.47. The molecule has 0 spiro atoms. The molecule has 156 valence electrons. The van der Waals surface area contributed by atoms with Crippen LogP contribution in [-0.2, 0) is 20.7 Å². The fourth-order valence-corrected chi connectivity index (χ4v) is 6.47. The molecule has 1 aliphatic heterocycles. The SMILES string of the molecule is CC1(C)C[C@H]2C[C@@](C)(CN2C(=O)COC(=O)CCCc2nc3ccccc3s2)C1. The Morgan fingerprint density at radius 2 is 2.03 bits per heavy atom. The number of rotatable bonds is 6. The molecular formula is C23H30N2O3S. The van der Waals surface area contributed by atoms with Crippen LogP contribution in [0, 0.1) is 10.8 Å². The molecule has 2 fully saturated rings. The van der Waals surface area contributed by atoms with Crippen LogP contribution in [0.25, 0.3) is 10.2 Å². The van der Waals surface area contributed by atoms with Crippen molar-refractivity contribution >= 4 is 33.4 Å². The Hall–Kier alpha value is -1.95. The zero-order chi connectivity index (χ0) is 20.6. The number of thiazole rings is 1. The molecule has 0 radical (unpaired) electrons. The number of hydrogen-bond acceptors (Lipinski definition) is 5. The zero-order valence-electron chi connectivity index (χ0n) is 17.6. The average molecular weight is 415 g/mol. The first-order valence-electron chi connectivity index (χ1n) is 10.5. The van der Waals surface area contributed by atoms with E-state index in [-0.39, 0.29) is 35.4 Å². The third-order valence-electron chi connectivity index (χ3n) is 6.20. The Bertz CT molecular complexity index is 889. The van der Waals surface area contributed by atoms with E-state index in [2.05, 4.69) is 31.8 Å². The second kappa shape index (κ2) is 7.71. The van der Waals surface area contributed by atoms with E-state index in [4.69, 9.17) is 4.74 Å². The Morgan fingerprint density at radius 1 is 1.24 bits per heavy atom. The molecule has 2 aromatic rings. The van der Waals surface area contributed by atoms with Crippen molar-refractivity contribution in [2.45, 2.75) is 65.3 Å². The lowest BCUT2D eigenvalue weighted by Crippen LogP contribution is -2.39. The molecule has 0 N–H and O–H groups in total. The average Bonchev–Trinajstić information content (AvgIpc) is 3.16. The quantitative estimate of drug-likeness (QED) is 0.649. The lowest BCUT2D eigenvalue weighted by atomic mass is 9.65. The van der Waals surface area contributed by atoms with Crippen LogP contribution < -0.4 is 0 Å². The highest BCUT2D eigenvalue weighted by molar-refractivity contribution is 7.18. The van der Waals surface area contributed by atoms with Gasteiger partial charge >= 0.3 is 5.97 Å². The number of carbonyl (C=O) groups excluding carboxylic acids is 2. The van der Waals surface area contributed by atoms with Crippen LogP contribution in [-0.4, -0.2) is 41.0 Å². The van der Waals surface area contributed by atoms with Gasteiger partial charge in [0.15, 0.2) is 6.61 Å². The molecule has 4 rings (SSSR count). The van der Waals surface area contributed by atoms with Crippen molar-refractivity contribution in [1.29, 1.82) is 0 Å². The summed E-state index contributed by atoms with van der Waals surface area (Å²) >= 11 is 1.67. The number of carbonyl (C=O) groups is 2. The summed E-state index contributed by atoms with van der Waals surface area (Å²) in [5, 5.41) is 1.04. The topological polar surface area (TPSA) is 59.5 Å². The number of nitrogens with zero attached hydrogens (tertiary/aromatic N) is 2. The second-order valence-corrected chi connectivity index (χ2v) is 10.9. The van der Waals surface area contributed by atoms with Crippen molar-refractivity contribution in [2.75, 3.05) is 13.2 Å². The number of aromatic nitrogens is 1. The third-order valence-corrected chi connectivity index (χ3v) is 7.30. The Labute approximate surface area is 176 Å². The fourth-order valence-electron chi connectivity index (χ4n) is 5.46. The van der Waals surface area contributed by atoms with E-state index in [0.717, 1.165) is 42.8 Å². The highest BCUT2D eigenvalue weighted by atomic mass is 32.1. The van der Waals surface area contributed by atoms with Crippen molar-refractivity contribution in [3.05, 3.63) is 29.3 Å². The summed E-state index contributed by atoms with van der Waals surface area (Å²) in [5.74, 6) is -0.343. The van der Waals surface area contributed by atoms with Gasteiger partial charge in [0.05, 0.1) is 15.2 Å². The van der Waals surface area contributed by atoms with E-state index >= 15 is 0 Å². The summed E-state index contributed by atoms with van der Waals surface area (Å²) in [6, 6.07) is 8.34. The highest BCUT2D eigenvalue weighted by Gasteiger charge is 2.50. The number of hydrogen-bond donors (Lipinski definition) is 0. The number of aryl methyl sites for hydroxylation is 1. The maximum atomic E-state index is 12.7. The van der Waals surface area contributed by atoms with Gasteiger partial charge in [-0.1, -0.05) is 32.9 Å². The van der Waals surface area contributed by atoms with Crippen LogP contribution in [0.5, 0.6) is 0 Å². The first-order valence-corrected chi connectivity index (χ1v) is 11.3. The molecule has 0 unspecified atom stereocenters. The minimum atomic E-state index is -0.298. The predicted molar refractivity (Wildman–Crippen MR) is 115 cm³/mol. The highest BCUT2D eigenvalue weighted by Crippen LogP contribution is 2.52. The van der Waals surface area contributed by atoms with E-state index in [9.17, 15) is 9.59 Å². The molecule has 29 heavy (non-hydrogen) atoms. The van der Waals surface area contributed by atoms with Gasteiger partial charge in [0, 0.05) is 19.0 Å². The van der Waals surface area contributed by atoms with Gasteiger partial charge in [-0.25, -0.2) is 4.98 Å². The summed E-state index contributed by atoms with van der Waals surface area (Å²) in [6.45, 7) is 7.51. The van der Waals surface area contributed by atoms with Crippen LogP contribution in [0.4, 0.5) is 0 Å². The van der Waals surface area contributed by atoms with Gasteiger partial charge in [-0.3, -0.25) is 9.59 Å². The molecule has 1 aliphatic carbocycles. The van der Waals surface area contributed by atoms with E-state index in [1.54, 1.807) is 11.3 Å². The lowest BCUT2D eigenvalue weighted by Gasteiger charge is -2.39. The fraction of sp³-hybridized carbons (Fsp3) is 0.609. The number of amides is 1. The Balaban J connectivity index is 1.22. The molecule has 2 bridgehead atoms. The van der Waals surface area contributed by atoms with E-state index in [1.165, 1.54) is 4.70 Å². The molecule has 1 amide bonds. The van der Waals surface area contributed by atoms with Crippen LogP contribution in [0.1, 0.15) is 57.9 Å². The van der Waals surface area contributed by atoms with Gasteiger partial charge in [0.2, 0.25) is 0 Å². The Morgan fingerprint density at radius 3 is 2.83 bits per heavy atom. The number of esters is 1. The van der Waals surface area contributed by atoms with Crippen LogP contribution in [0.3, 0.4) is 0 Å². The van der Waals surface area contributed by atoms with Crippen molar-refractivity contribution in [2.24, 2.45) is 10.8 Å². The first-order chi connectivity index (χ1) is 13.7. The van der Waals surface area contributed by atoms with Crippen molar-refractivity contribution < 1.29 is 14.3 Å². The normalized spacial score (nSPS) is 25.3. The van der Waals surface area contributed by atoms with Crippen LogP contribution in [0.2, 0.25) is 0 Å². The number of benzene rings is 1. The molecule has 1 saturated heterocycles. The summed E-state index contributed by atoms with van der Waals surface area (Å²) in [4.78, 5) is 31.3. The molecule has 2 atom stereocenters. The molecule has 5 nitrogen and oxygen atoms in total. The second-order valence-electron chi connectivity index (χ2n) is 9.82. The van der Waals surface area contributed by atoms with Gasteiger partial charge in [0.25, 0.3) is 5.91 Å². The van der Waals surface area contributed by atoms with E-state index < -0.39 is 0 Å². The smallest absolute Gasteiger partial charge is 0.306 e. The molecule has 2 aliphatic rings. The van der Waals surface area contributed by atoms with Gasteiger partial charge in [0.1, 0.15) is 0 Å². The third kappa shape index (κ3) is 4.63. The van der Waals surface area contributed by atoms with Gasteiger partial charge in [-0.15, -0.1) is 11.3 Å². The van der Waals surface area contributed by atoms with Gasteiger partial charge in [-0.05, 0) is 55.1 Å². The molecular weight excluding hydrogens is 384 g/mol. The van der Waals surface area contributed by atoms with Crippen LogP contribution in [0.15, 0.2) is 24.3 Å². The van der Waals surface area contributed by atoms with Crippen molar-refractivity contribution in [1.82, 2.24) is 9.88 Å².